The molecule has 0 spiro atoms. The molecular formula is C15H21NO4. The van der Waals surface area contributed by atoms with E-state index in [1.807, 2.05) is 6.92 Å². The van der Waals surface area contributed by atoms with Crippen LogP contribution in [0.15, 0.2) is 0 Å². The first-order valence-corrected chi connectivity index (χ1v) is 6.73. The number of aromatic nitrogens is 1. The van der Waals surface area contributed by atoms with Crippen molar-refractivity contribution in [2.75, 3.05) is 0 Å². The van der Waals surface area contributed by atoms with Crippen molar-refractivity contribution in [3.05, 3.63) is 22.5 Å². The van der Waals surface area contributed by atoms with Crippen molar-refractivity contribution < 1.29 is 19.1 Å². The van der Waals surface area contributed by atoms with Crippen molar-refractivity contribution in [3.8, 4) is 0 Å². The number of esters is 1. The normalized spacial score (nSPS) is 12.1. The van der Waals surface area contributed by atoms with E-state index in [1.165, 1.54) is 6.92 Å². The monoisotopic (exact) mass is 279 g/mol. The summed E-state index contributed by atoms with van der Waals surface area (Å²) in [5.74, 6) is -0.797. The largest absolute Gasteiger partial charge is 0.454 e. The van der Waals surface area contributed by atoms with Gasteiger partial charge in [0.25, 0.3) is 0 Å². The molecule has 5 heteroatoms. The van der Waals surface area contributed by atoms with E-state index in [1.54, 1.807) is 20.8 Å². The van der Waals surface area contributed by atoms with Gasteiger partial charge in [-0.3, -0.25) is 14.4 Å². The van der Waals surface area contributed by atoms with E-state index in [0.29, 0.717) is 35.4 Å². The molecule has 110 valence electrons. The quantitative estimate of drug-likeness (QED) is 0.641. The van der Waals surface area contributed by atoms with Gasteiger partial charge in [0.2, 0.25) is 5.78 Å². The number of aryl methyl sites for hydroxylation is 1. The summed E-state index contributed by atoms with van der Waals surface area (Å²) < 4.78 is 5.08. The average Bonchev–Trinajstić information content (AvgIpc) is 2.63. The van der Waals surface area contributed by atoms with Crippen LogP contribution in [0.25, 0.3) is 0 Å². The predicted octanol–water partition coefficient (Wildman–Crippen LogP) is 2.75. The van der Waals surface area contributed by atoms with Crippen LogP contribution < -0.4 is 0 Å². The molecule has 1 aromatic heterocycles. The zero-order chi connectivity index (χ0) is 15.4. The van der Waals surface area contributed by atoms with Crippen LogP contribution in [-0.2, 0) is 9.53 Å². The maximum atomic E-state index is 12.3. The minimum atomic E-state index is -0.856. The van der Waals surface area contributed by atoms with Crippen LogP contribution in [0.2, 0.25) is 0 Å². The molecule has 0 saturated carbocycles. The molecule has 0 aromatic carbocycles. The lowest BCUT2D eigenvalue weighted by atomic mass is 10.0. The Morgan fingerprint density at radius 3 is 2.30 bits per heavy atom. The fourth-order valence-electron chi connectivity index (χ4n) is 2.24. The summed E-state index contributed by atoms with van der Waals surface area (Å²) >= 11 is 0. The Bertz CT molecular complexity index is 542. The minimum absolute atomic E-state index is 0.0917. The number of H-pyrrole nitrogens is 1. The lowest BCUT2D eigenvalue weighted by molar-refractivity contribution is -0.146. The third-order valence-corrected chi connectivity index (χ3v) is 3.17. The van der Waals surface area contributed by atoms with Crippen LogP contribution in [0.4, 0.5) is 0 Å². The van der Waals surface area contributed by atoms with Crippen molar-refractivity contribution in [1.29, 1.82) is 0 Å². The Labute approximate surface area is 118 Å². The number of rotatable bonds is 6. The van der Waals surface area contributed by atoms with Crippen LogP contribution in [0, 0.1) is 13.8 Å². The van der Waals surface area contributed by atoms with Gasteiger partial charge in [-0.1, -0.05) is 6.92 Å². The molecule has 1 N–H and O–H groups in total. The van der Waals surface area contributed by atoms with Gasteiger partial charge >= 0.3 is 5.97 Å². The summed E-state index contributed by atoms with van der Waals surface area (Å²) in [5, 5.41) is 0. The number of ketones is 2. The SMILES string of the molecule is CCCC(=O)O[C@H](C)C(=O)c1[nH]c(C)c(C(C)=O)c1C. The van der Waals surface area contributed by atoms with E-state index in [0.717, 1.165) is 0 Å². The van der Waals surface area contributed by atoms with Crippen molar-refractivity contribution >= 4 is 17.5 Å². The highest BCUT2D eigenvalue weighted by molar-refractivity contribution is 6.05. The second-order valence-electron chi connectivity index (χ2n) is 4.93. The van der Waals surface area contributed by atoms with Gasteiger partial charge in [0.1, 0.15) is 0 Å². The zero-order valence-electron chi connectivity index (χ0n) is 12.6. The molecule has 5 nitrogen and oxygen atoms in total. The van der Waals surface area contributed by atoms with Gasteiger partial charge in [0.15, 0.2) is 11.9 Å². The molecule has 1 rings (SSSR count). The summed E-state index contributed by atoms with van der Waals surface area (Å²) in [4.78, 5) is 38.1. The molecule has 1 heterocycles. The number of hydrogen-bond donors (Lipinski definition) is 1. The molecule has 0 aliphatic carbocycles. The Kier molecular flexibility index (Phi) is 5.25. The second kappa shape index (κ2) is 6.50. The van der Waals surface area contributed by atoms with E-state index < -0.39 is 6.10 Å². The highest BCUT2D eigenvalue weighted by atomic mass is 16.5. The molecule has 0 fully saturated rings. The van der Waals surface area contributed by atoms with E-state index in [-0.39, 0.29) is 17.5 Å². The van der Waals surface area contributed by atoms with E-state index in [9.17, 15) is 14.4 Å². The maximum Gasteiger partial charge on any atom is 0.306 e. The fraction of sp³-hybridized carbons (Fsp3) is 0.533. The highest BCUT2D eigenvalue weighted by Crippen LogP contribution is 2.20. The van der Waals surface area contributed by atoms with Crippen LogP contribution in [-0.4, -0.2) is 28.6 Å². The second-order valence-corrected chi connectivity index (χ2v) is 4.93. The number of carbonyl (C=O) groups is 3. The number of ether oxygens (including phenoxy) is 1. The van der Waals surface area contributed by atoms with Gasteiger partial charge in [0.05, 0.1) is 5.69 Å². The molecule has 1 atom stereocenters. The third kappa shape index (κ3) is 3.35. The topological polar surface area (TPSA) is 76.2 Å². The van der Waals surface area contributed by atoms with Crippen LogP contribution in [0.1, 0.15) is 65.7 Å². The smallest absolute Gasteiger partial charge is 0.306 e. The summed E-state index contributed by atoms with van der Waals surface area (Å²) in [6.07, 6.45) is 0.110. The Hall–Kier alpha value is -1.91. The zero-order valence-corrected chi connectivity index (χ0v) is 12.6. The summed E-state index contributed by atoms with van der Waals surface area (Å²) in [6.45, 7) is 8.33. The van der Waals surface area contributed by atoms with Crippen molar-refractivity contribution in [1.82, 2.24) is 4.98 Å². The van der Waals surface area contributed by atoms with Crippen LogP contribution >= 0.6 is 0 Å². The number of carbonyl (C=O) groups excluding carboxylic acids is 3. The molecule has 1 aromatic rings. The van der Waals surface area contributed by atoms with Gasteiger partial charge in [-0.15, -0.1) is 0 Å². The molecule has 0 amide bonds. The Morgan fingerprint density at radius 1 is 1.25 bits per heavy atom. The first-order chi connectivity index (χ1) is 9.29. The number of hydrogen-bond acceptors (Lipinski definition) is 4. The van der Waals surface area contributed by atoms with Gasteiger partial charge < -0.3 is 9.72 Å². The maximum absolute atomic E-state index is 12.3. The number of aromatic amines is 1. The van der Waals surface area contributed by atoms with Crippen molar-refractivity contribution in [2.24, 2.45) is 0 Å². The number of nitrogens with one attached hydrogen (secondary N) is 1. The lowest BCUT2D eigenvalue weighted by Crippen LogP contribution is -2.25. The Balaban J connectivity index is 2.95. The fourth-order valence-corrected chi connectivity index (χ4v) is 2.24. The standard InChI is InChI=1S/C15H21NO4/c1-6-7-12(18)20-11(5)15(19)14-8(2)13(10(4)17)9(3)16-14/h11,16H,6-7H2,1-5H3/t11-/m1/s1. The van der Waals surface area contributed by atoms with Crippen molar-refractivity contribution in [2.45, 2.75) is 53.6 Å². The Morgan fingerprint density at radius 2 is 1.85 bits per heavy atom. The molecule has 0 unspecified atom stereocenters. The first-order valence-electron chi connectivity index (χ1n) is 6.73. The lowest BCUT2D eigenvalue weighted by Gasteiger charge is -2.11. The van der Waals surface area contributed by atoms with Crippen LogP contribution in [0.3, 0.4) is 0 Å². The molecule has 0 aliphatic rings. The third-order valence-electron chi connectivity index (χ3n) is 3.17. The predicted molar refractivity (Wildman–Crippen MR) is 75.1 cm³/mol. The summed E-state index contributed by atoms with van der Waals surface area (Å²) in [6, 6.07) is 0. The van der Waals surface area contributed by atoms with Gasteiger partial charge in [0, 0.05) is 17.7 Å². The average molecular weight is 279 g/mol. The van der Waals surface area contributed by atoms with Gasteiger partial charge in [-0.25, -0.2) is 0 Å². The van der Waals surface area contributed by atoms with Crippen LogP contribution in [0.5, 0.6) is 0 Å². The number of Topliss-reactive ketones (excluding diaryl/α,β-unsaturated/α-hetero) is 2. The minimum Gasteiger partial charge on any atom is -0.454 e. The van der Waals surface area contributed by atoms with Gasteiger partial charge in [-0.05, 0) is 39.7 Å². The van der Waals surface area contributed by atoms with E-state index >= 15 is 0 Å². The molecular weight excluding hydrogens is 258 g/mol. The van der Waals surface area contributed by atoms with E-state index in [2.05, 4.69) is 4.98 Å². The van der Waals surface area contributed by atoms with E-state index in [4.69, 9.17) is 4.74 Å². The molecule has 0 radical (unpaired) electrons. The molecule has 0 saturated heterocycles. The van der Waals surface area contributed by atoms with Crippen molar-refractivity contribution in [3.63, 3.8) is 0 Å². The molecule has 0 bridgehead atoms. The first kappa shape index (κ1) is 16.1. The van der Waals surface area contributed by atoms with Gasteiger partial charge in [-0.2, -0.15) is 0 Å². The highest BCUT2D eigenvalue weighted by Gasteiger charge is 2.25. The summed E-state index contributed by atoms with van der Waals surface area (Å²) in [7, 11) is 0. The molecule has 0 aliphatic heterocycles. The molecule has 20 heavy (non-hydrogen) atoms. The summed E-state index contributed by atoms with van der Waals surface area (Å²) in [5.41, 5.74) is 2.13.